The van der Waals surface area contributed by atoms with Gasteiger partial charge in [0.1, 0.15) is 17.6 Å². The van der Waals surface area contributed by atoms with Crippen LogP contribution in [0.4, 0.5) is 11.5 Å². The number of benzene rings is 1. The molecule has 1 N–H and O–H groups in total. The Morgan fingerprint density at radius 3 is 2.82 bits per heavy atom. The van der Waals surface area contributed by atoms with Gasteiger partial charge in [0.2, 0.25) is 0 Å². The molecule has 2 rings (SSSR count). The first-order valence-electron chi connectivity index (χ1n) is 4.78. The molecular weight excluding hydrogens is 393 g/mol. The number of halogens is 2. The van der Waals surface area contributed by atoms with Gasteiger partial charge in [-0.3, -0.25) is 0 Å². The van der Waals surface area contributed by atoms with Gasteiger partial charge in [-0.05, 0) is 68.9 Å². The lowest BCUT2D eigenvalue weighted by Gasteiger charge is -2.08. The molecule has 0 spiro atoms. The predicted octanol–water partition coefficient (Wildman–Crippen LogP) is 4.06. The lowest BCUT2D eigenvalue weighted by atomic mass is 10.3. The molecular formula is C12H7BrIN3. The summed E-state index contributed by atoms with van der Waals surface area (Å²) in [5.41, 5.74) is 1.32. The van der Waals surface area contributed by atoms with Crippen molar-refractivity contribution in [1.82, 2.24) is 4.98 Å². The average molecular weight is 400 g/mol. The van der Waals surface area contributed by atoms with E-state index in [9.17, 15) is 0 Å². The molecule has 1 aromatic heterocycles. The Balaban J connectivity index is 2.28. The molecule has 0 saturated heterocycles. The first kappa shape index (κ1) is 12.3. The normalized spacial score (nSPS) is 9.71. The molecule has 0 unspecified atom stereocenters. The van der Waals surface area contributed by atoms with E-state index in [-0.39, 0.29) is 0 Å². The zero-order valence-corrected chi connectivity index (χ0v) is 12.4. The van der Waals surface area contributed by atoms with Crippen molar-refractivity contribution in [2.75, 3.05) is 5.32 Å². The fourth-order valence-electron chi connectivity index (χ4n) is 1.30. The van der Waals surface area contributed by atoms with Crippen LogP contribution < -0.4 is 5.32 Å². The van der Waals surface area contributed by atoms with Crippen LogP contribution >= 0.6 is 38.5 Å². The van der Waals surface area contributed by atoms with Gasteiger partial charge in [-0.25, -0.2) is 4.98 Å². The molecule has 84 valence electrons. The number of nitrogens with zero attached hydrogens (tertiary/aromatic N) is 2. The fourth-order valence-corrected chi connectivity index (χ4v) is 2.69. The van der Waals surface area contributed by atoms with Gasteiger partial charge in [0.05, 0.1) is 5.69 Å². The second-order valence-corrected chi connectivity index (χ2v) is 5.37. The standard InChI is InChI=1S/C12H7BrIN3/c13-10-6-8(14)4-5-11(10)17-12-3-1-2-9(7-15)16-12/h1-6H,(H,16,17). The van der Waals surface area contributed by atoms with E-state index in [1.165, 1.54) is 0 Å². The number of hydrogen-bond acceptors (Lipinski definition) is 3. The summed E-state index contributed by atoms with van der Waals surface area (Å²) >= 11 is 5.73. The van der Waals surface area contributed by atoms with Crippen molar-refractivity contribution in [3.05, 3.63) is 50.1 Å². The summed E-state index contributed by atoms with van der Waals surface area (Å²) in [5, 5.41) is 11.9. The number of aromatic nitrogens is 1. The molecule has 0 bridgehead atoms. The van der Waals surface area contributed by atoms with Gasteiger partial charge in [0, 0.05) is 8.04 Å². The lowest BCUT2D eigenvalue weighted by Crippen LogP contribution is -1.95. The Morgan fingerprint density at radius 1 is 1.29 bits per heavy atom. The molecule has 0 fully saturated rings. The minimum Gasteiger partial charge on any atom is -0.339 e. The van der Waals surface area contributed by atoms with E-state index in [0.717, 1.165) is 13.7 Å². The van der Waals surface area contributed by atoms with E-state index in [4.69, 9.17) is 5.26 Å². The van der Waals surface area contributed by atoms with Crippen LogP contribution in [0, 0.1) is 14.9 Å². The zero-order chi connectivity index (χ0) is 12.3. The number of anilines is 2. The third kappa shape index (κ3) is 3.17. The molecule has 0 atom stereocenters. The van der Waals surface area contributed by atoms with Gasteiger partial charge >= 0.3 is 0 Å². The Morgan fingerprint density at radius 2 is 2.12 bits per heavy atom. The highest BCUT2D eigenvalue weighted by molar-refractivity contribution is 14.1. The number of rotatable bonds is 2. The average Bonchev–Trinajstić information content (AvgIpc) is 2.33. The highest BCUT2D eigenvalue weighted by atomic mass is 127. The Kier molecular flexibility index (Phi) is 3.97. The SMILES string of the molecule is N#Cc1cccc(Nc2ccc(I)cc2Br)n1. The highest BCUT2D eigenvalue weighted by Gasteiger charge is 2.02. The van der Waals surface area contributed by atoms with Gasteiger partial charge in [-0.15, -0.1) is 0 Å². The van der Waals surface area contributed by atoms with Crippen molar-refractivity contribution >= 4 is 50.0 Å². The van der Waals surface area contributed by atoms with Gasteiger partial charge in [-0.1, -0.05) is 6.07 Å². The molecule has 1 aromatic carbocycles. The maximum atomic E-state index is 8.77. The molecule has 0 aliphatic carbocycles. The number of pyridine rings is 1. The van der Waals surface area contributed by atoms with Crippen molar-refractivity contribution in [2.24, 2.45) is 0 Å². The second-order valence-electron chi connectivity index (χ2n) is 3.27. The van der Waals surface area contributed by atoms with E-state index in [2.05, 4.69) is 48.8 Å². The van der Waals surface area contributed by atoms with E-state index in [1.807, 2.05) is 30.3 Å². The Bertz CT molecular complexity index is 593. The number of nitrogens with one attached hydrogen (secondary N) is 1. The largest absolute Gasteiger partial charge is 0.339 e. The van der Waals surface area contributed by atoms with Crippen LogP contribution in [0.15, 0.2) is 40.9 Å². The van der Waals surface area contributed by atoms with Crippen molar-refractivity contribution in [2.45, 2.75) is 0 Å². The van der Waals surface area contributed by atoms with Crippen LogP contribution in [0.2, 0.25) is 0 Å². The molecule has 17 heavy (non-hydrogen) atoms. The summed E-state index contributed by atoms with van der Waals surface area (Å²) in [6.45, 7) is 0. The zero-order valence-electron chi connectivity index (χ0n) is 8.61. The summed E-state index contributed by atoms with van der Waals surface area (Å²) in [4.78, 5) is 4.16. The number of hydrogen-bond donors (Lipinski definition) is 1. The van der Waals surface area contributed by atoms with E-state index in [0.29, 0.717) is 11.5 Å². The molecule has 0 aliphatic heterocycles. The monoisotopic (exact) mass is 399 g/mol. The third-order valence-electron chi connectivity index (χ3n) is 2.06. The second kappa shape index (κ2) is 5.47. The highest BCUT2D eigenvalue weighted by Crippen LogP contribution is 2.26. The van der Waals surface area contributed by atoms with Crippen molar-refractivity contribution in [3.63, 3.8) is 0 Å². The molecule has 0 saturated carbocycles. The topological polar surface area (TPSA) is 48.7 Å². The maximum Gasteiger partial charge on any atom is 0.142 e. The Labute approximate surface area is 121 Å². The molecule has 0 aliphatic rings. The molecule has 5 heteroatoms. The fraction of sp³-hybridized carbons (Fsp3) is 0. The minimum atomic E-state index is 0.400. The van der Waals surface area contributed by atoms with Crippen LogP contribution in [-0.2, 0) is 0 Å². The molecule has 2 aromatic rings. The summed E-state index contributed by atoms with van der Waals surface area (Å²) in [5.74, 6) is 0.658. The van der Waals surface area contributed by atoms with E-state index in [1.54, 1.807) is 12.1 Å². The van der Waals surface area contributed by atoms with Gasteiger partial charge in [0.15, 0.2) is 0 Å². The van der Waals surface area contributed by atoms with Crippen LogP contribution in [-0.4, -0.2) is 4.98 Å². The first-order valence-corrected chi connectivity index (χ1v) is 6.65. The summed E-state index contributed by atoms with van der Waals surface area (Å²) in [6.07, 6.45) is 0. The predicted molar refractivity (Wildman–Crippen MR) is 79.1 cm³/mol. The maximum absolute atomic E-state index is 8.77. The minimum absolute atomic E-state index is 0.400. The summed E-state index contributed by atoms with van der Waals surface area (Å²) in [7, 11) is 0. The van der Waals surface area contributed by atoms with Crippen molar-refractivity contribution in [3.8, 4) is 6.07 Å². The summed E-state index contributed by atoms with van der Waals surface area (Å²) in [6, 6.07) is 13.3. The molecule has 3 nitrogen and oxygen atoms in total. The Hall–Kier alpha value is -1.13. The van der Waals surface area contributed by atoms with Crippen molar-refractivity contribution in [1.29, 1.82) is 5.26 Å². The molecule has 1 heterocycles. The van der Waals surface area contributed by atoms with Gasteiger partial charge < -0.3 is 5.32 Å². The van der Waals surface area contributed by atoms with Crippen LogP contribution in [0.1, 0.15) is 5.69 Å². The van der Waals surface area contributed by atoms with Crippen LogP contribution in [0.3, 0.4) is 0 Å². The summed E-state index contributed by atoms with van der Waals surface area (Å²) < 4.78 is 2.12. The lowest BCUT2D eigenvalue weighted by molar-refractivity contribution is 1.25. The third-order valence-corrected chi connectivity index (χ3v) is 3.38. The van der Waals surface area contributed by atoms with Gasteiger partial charge in [0.25, 0.3) is 0 Å². The van der Waals surface area contributed by atoms with E-state index < -0.39 is 0 Å². The smallest absolute Gasteiger partial charge is 0.142 e. The first-order chi connectivity index (χ1) is 8.19. The van der Waals surface area contributed by atoms with Crippen LogP contribution in [0.5, 0.6) is 0 Å². The van der Waals surface area contributed by atoms with Crippen LogP contribution in [0.25, 0.3) is 0 Å². The quantitative estimate of drug-likeness (QED) is 0.774. The number of nitriles is 1. The van der Waals surface area contributed by atoms with Gasteiger partial charge in [-0.2, -0.15) is 5.26 Å². The molecule has 0 amide bonds. The van der Waals surface area contributed by atoms with Crippen molar-refractivity contribution < 1.29 is 0 Å². The van der Waals surface area contributed by atoms with E-state index >= 15 is 0 Å². The molecule has 0 radical (unpaired) electrons.